The summed E-state index contributed by atoms with van der Waals surface area (Å²) in [5.74, 6) is 0. The van der Waals surface area contributed by atoms with Crippen molar-refractivity contribution in [1.29, 1.82) is 0 Å². The van der Waals surface area contributed by atoms with E-state index in [1.165, 1.54) is 0 Å². The lowest BCUT2D eigenvalue weighted by molar-refractivity contribution is -0.129. The van der Waals surface area contributed by atoms with Crippen molar-refractivity contribution in [3.63, 3.8) is 0 Å². The summed E-state index contributed by atoms with van der Waals surface area (Å²) in [4.78, 5) is 20.7. The molecule has 0 spiro atoms. The van der Waals surface area contributed by atoms with Gasteiger partial charge in [0.15, 0.2) is 0 Å². The number of carbonyl (C=O) groups excluding carboxylic acids is 2. The highest BCUT2D eigenvalue weighted by Crippen LogP contribution is 2.03. The number of aliphatic hydroxyl groups excluding tert-OH is 2. The minimum absolute atomic E-state index is 0. The molecule has 53 valence electrons. The van der Waals surface area contributed by atoms with Crippen molar-refractivity contribution in [3.05, 3.63) is 0 Å². The summed E-state index contributed by atoms with van der Waals surface area (Å²) in [7, 11) is -0.331. The van der Waals surface area contributed by atoms with Gasteiger partial charge in [-0.15, -0.1) is 0 Å². The molecule has 1 aliphatic rings. The van der Waals surface area contributed by atoms with E-state index in [9.17, 15) is 9.59 Å². The summed E-state index contributed by atoms with van der Waals surface area (Å²) in [6.45, 7) is 0. The zero-order valence-corrected chi connectivity index (χ0v) is 5.02. The molecule has 6 heteroatoms. The predicted molar refractivity (Wildman–Crippen MR) is 31.3 cm³/mol. The predicted octanol–water partition coefficient (Wildman–Crippen LogP) is -3.27. The molecule has 1 heterocycles. The third-order valence-electron chi connectivity index (χ3n) is 1.31. The maximum Gasteiger partial charge on any atom is 0.293 e. The van der Waals surface area contributed by atoms with Crippen LogP contribution in [0, 0.1) is 0 Å². The smallest absolute Gasteiger partial charge is 0.293 e. The van der Waals surface area contributed by atoms with Gasteiger partial charge in [0.1, 0.15) is 23.6 Å². The maximum atomic E-state index is 10.4. The molecule has 0 saturated carbocycles. The monoisotopic (exact) mass is 142 g/mol. The van der Waals surface area contributed by atoms with E-state index in [1.54, 1.807) is 0 Å². The molecule has 10 heavy (non-hydrogen) atoms. The minimum atomic E-state index is -1.47. The van der Waals surface area contributed by atoms with Gasteiger partial charge in [0.05, 0.1) is 0 Å². The largest absolute Gasteiger partial charge is 0.383 e. The van der Waals surface area contributed by atoms with Crippen LogP contribution in [0.1, 0.15) is 0 Å². The van der Waals surface area contributed by atoms with Crippen molar-refractivity contribution in [2.45, 2.75) is 12.2 Å². The Balaban J connectivity index is 0.000000810. The summed E-state index contributed by atoms with van der Waals surface area (Å²) in [6, 6.07) is 0. The lowest BCUT2D eigenvalue weighted by Gasteiger charge is -2.02. The molecule has 3 radical (unpaired) electrons. The van der Waals surface area contributed by atoms with Crippen LogP contribution in [0.15, 0.2) is 0 Å². The van der Waals surface area contributed by atoms with Crippen LogP contribution in [-0.2, 0) is 9.59 Å². The van der Waals surface area contributed by atoms with Gasteiger partial charge >= 0.3 is 0 Å². The number of rotatable bonds is 0. The number of hydrogen-bond acceptors (Lipinski definition) is 4. The molecular formula is C4H5BNO4. The van der Waals surface area contributed by atoms with Crippen LogP contribution in [0.4, 0.5) is 0 Å². The van der Waals surface area contributed by atoms with Gasteiger partial charge in [-0.05, 0) is 0 Å². The van der Waals surface area contributed by atoms with Gasteiger partial charge in [0, 0.05) is 6.15 Å². The molecule has 0 aromatic heterocycles. The molecule has 2 N–H and O–H groups in total. The SMILES string of the molecule is O=C1BC(=O)C(O)C1O.[N]. The van der Waals surface area contributed by atoms with Gasteiger partial charge in [-0.2, -0.15) is 0 Å². The average Bonchev–Trinajstić information content (AvgIpc) is 1.98. The average molecular weight is 142 g/mol. The van der Waals surface area contributed by atoms with Gasteiger partial charge in [-0.1, -0.05) is 0 Å². The summed E-state index contributed by atoms with van der Waals surface area (Å²) in [5, 5.41) is 17.2. The Bertz CT molecular complexity index is 153. The zero-order chi connectivity index (χ0) is 7.02. The molecule has 1 aliphatic heterocycles. The Morgan fingerprint density at radius 2 is 1.40 bits per heavy atom. The topological polar surface area (TPSA) is 105 Å². The minimum Gasteiger partial charge on any atom is -0.383 e. The molecule has 5 nitrogen and oxygen atoms in total. The molecule has 1 saturated heterocycles. The van der Waals surface area contributed by atoms with E-state index in [4.69, 9.17) is 10.2 Å². The van der Waals surface area contributed by atoms with E-state index in [2.05, 4.69) is 0 Å². The molecule has 0 aromatic carbocycles. The van der Waals surface area contributed by atoms with Crippen molar-refractivity contribution in [3.8, 4) is 0 Å². The zero-order valence-electron chi connectivity index (χ0n) is 5.02. The van der Waals surface area contributed by atoms with E-state index in [-0.39, 0.29) is 13.4 Å². The van der Waals surface area contributed by atoms with E-state index >= 15 is 0 Å². The third-order valence-corrected chi connectivity index (χ3v) is 1.31. The van der Waals surface area contributed by atoms with Gasteiger partial charge in [-0.3, -0.25) is 0 Å². The Morgan fingerprint density at radius 3 is 1.50 bits per heavy atom. The van der Waals surface area contributed by atoms with Crippen LogP contribution in [0.2, 0.25) is 0 Å². The molecular weight excluding hydrogens is 137 g/mol. The highest BCUT2D eigenvalue weighted by atomic mass is 16.3. The summed E-state index contributed by atoms with van der Waals surface area (Å²) < 4.78 is 0. The Labute approximate surface area is 57.9 Å². The van der Waals surface area contributed by atoms with Crippen LogP contribution in [-0.4, -0.2) is 41.1 Å². The fourth-order valence-corrected chi connectivity index (χ4v) is 0.733. The summed E-state index contributed by atoms with van der Waals surface area (Å²) >= 11 is 0. The standard InChI is InChI=1S/C4H5BO4.N/c6-1-2(7)4(9)5-3(1)8;/h1-2,5-7H;. The number of carbonyl (C=O) groups is 2. The molecule has 1 rings (SSSR count). The second-order valence-corrected chi connectivity index (χ2v) is 2.00. The van der Waals surface area contributed by atoms with Gasteiger partial charge in [0.2, 0.25) is 0 Å². The van der Waals surface area contributed by atoms with Crippen molar-refractivity contribution in [2.75, 3.05) is 0 Å². The van der Waals surface area contributed by atoms with Crippen LogP contribution < -0.4 is 6.15 Å². The lowest BCUT2D eigenvalue weighted by Crippen LogP contribution is -2.27. The van der Waals surface area contributed by atoms with E-state index < -0.39 is 23.6 Å². The molecule has 0 aromatic rings. The van der Waals surface area contributed by atoms with Gasteiger partial charge < -0.3 is 19.8 Å². The molecule has 0 amide bonds. The first-order chi connectivity index (χ1) is 4.13. The third kappa shape index (κ3) is 1.23. The fourth-order valence-electron chi connectivity index (χ4n) is 0.733. The Hall–Kier alpha value is -0.715. The van der Waals surface area contributed by atoms with Crippen LogP contribution in [0.3, 0.4) is 0 Å². The number of nitrogens with zero attached hydrogens (tertiary/aromatic N) is 1. The number of hydrogen-bond donors (Lipinski definition) is 2. The molecule has 2 atom stereocenters. The fraction of sp³-hybridized carbons (Fsp3) is 0.500. The molecule has 2 unspecified atom stereocenters. The highest BCUT2D eigenvalue weighted by Gasteiger charge is 2.39. The quantitative estimate of drug-likeness (QED) is 0.346. The summed E-state index contributed by atoms with van der Waals surface area (Å²) in [5.41, 5.74) is -1.18. The first-order valence-corrected chi connectivity index (χ1v) is 2.54. The van der Waals surface area contributed by atoms with E-state index in [0.29, 0.717) is 0 Å². The van der Waals surface area contributed by atoms with Crippen molar-refractivity contribution in [1.82, 2.24) is 6.15 Å². The first kappa shape index (κ1) is 9.28. The van der Waals surface area contributed by atoms with Crippen molar-refractivity contribution in [2.24, 2.45) is 0 Å². The lowest BCUT2D eigenvalue weighted by atomic mass is 9.74. The Morgan fingerprint density at radius 1 is 1.10 bits per heavy atom. The highest BCUT2D eigenvalue weighted by molar-refractivity contribution is 7.00. The Kier molecular flexibility index (Phi) is 2.71. The van der Waals surface area contributed by atoms with E-state index in [1.807, 2.05) is 0 Å². The normalized spacial score (nSPS) is 31.4. The van der Waals surface area contributed by atoms with Crippen LogP contribution in [0.25, 0.3) is 0 Å². The van der Waals surface area contributed by atoms with E-state index in [0.717, 1.165) is 0 Å². The summed E-state index contributed by atoms with van der Waals surface area (Å²) in [6.07, 6.45) is -2.95. The van der Waals surface area contributed by atoms with Crippen LogP contribution in [0.5, 0.6) is 0 Å². The molecule has 0 aliphatic carbocycles. The van der Waals surface area contributed by atoms with Gasteiger partial charge in [0.25, 0.3) is 7.28 Å². The van der Waals surface area contributed by atoms with Crippen LogP contribution >= 0.6 is 0 Å². The molecule has 1 fully saturated rings. The maximum absolute atomic E-state index is 10.4. The second kappa shape index (κ2) is 2.91. The molecule has 0 bridgehead atoms. The van der Waals surface area contributed by atoms with Gasteiger partial charge in [-0.25, -0.2) is 0 Å². The van der Waals surface area contributed by atoms with Crippen molar-refractivity contribution >= 4 is 18.6 Å². The number of aliphatic hydroxyl groups is 2. The second-order valence-electron chi connectivity index (χ2n) is 2.00. The first-order valence-electron chi connectivity index (χ1n) is 2.54. The van der Waals surface area contributed by atoms with Crippen molar-refractivity contribution < 1.29 is 19.8 Å².